The number of carbonyl (C=O) groups is 1. The first-order valence-electron chi connectivity index (χ1n) is 6.35. The molecule has 0 fully saturated rings. The summed E-state index contributed by atoms with van der Waals surface area (Å²) in [7, 11) is 1.69. The number of fused-ring (bicyclic) bond motifs is 3. The van der Waals surface area contributed by atoms with Crippen LogP contribution in [0.4, 0.5) is 0 Å². The van der Waals surface area contributed by atoms with E-state index in [-0.39, 0.29) is 5.92 Å². The molecule has 0 heterocycles. The highest BCUT2D eigenvalue weighted by molar-refractivity contribution is 5.88. The smallest absolute Gasteiger partial charge is 0.123 e. The molecule has 1 unspecified atom stereocenters. The van der Waals surface area contributed by atoms with Gasteiger partial charge < -0.3 is 9.53 Å². The monoisotopic (exact) mass is 240 g/mol. The van der Waals surface area contributed by atoms with Crippen LogP contribution in [0.5, 0.6) is 5.75 Å². The Labute approximate surface area is 107 Å². The van der Waals surface area contributed by atoms with Gasteiger partial charge in [0.1, 0.15) is 12.0 Å². The predicted octanol–water partition coefficient (Wildman–Crippen LogP) is 3.15. The molecule has 0 aromatic heterocycles. The quantitative estimate of drug-likeness (QED) is 0.754. The third-order valence-corrected chi connectivity index (χ3v) is 3.88. The van der Waals surface area contributed by atoms with Gasteiger partial charge in [0.2, 0.25) is 0 Å². The first-order chi connectivity index (χ1) is 8.81. The molecule has 0 radical (unpaired) electrons. The summed E-state index contributed by atoms with van der Waals surface area (Å²) in [5.41, 5.74) is 2.74. The van der Waals surface area contributed by atoms with Crippen molar-refractivity contribution < 1.29 is 9.53 Å². The molecule has 18 heavy (non-hydrogen) atoms. The van der Waals surface area contributed by atoms with Crippen molar-refractivity contribution in [1.82, 2.24) is 0 Å². The van der Waals surface area contributed by atoms with Crippen LogP contribution in [0, 0.1) is 5.92 Å². The summed E-state index contributed by atoms with van der Waals surface area (Å²) in [4.78, 5) is 10.9. The van der Waals surface area contributed by atoms with Crippen LogP contribution in [0.25, 0.3) is 10.8 Å². The third kappa shape index (κ3) is 1.78. The van der Waals surface area contributed by atoms with Crippen molar-refractivity contribution in [2.75, 3.05) is 7.11 Å². The Hall–Kier alpha value is -1.83. The zero-order chi connectivity index (χ0) is 12.5. The molecule has 0 amide bonds. The number of ether oxygens (including phenoxy) is 1. The van der Waals surface area contributed by atoms with E-state index in [4.69, 9.17) is 4.74 Å². The van der Waals surface area contributed by atoms with Crippen LogP contribution in [-0.2, 0) is 17.6 Å². The van der Waals surface area contributed by atoms with E-state index in [0.29, 0.717) is 0 Å². The molecule has 0 bridgehead atoms. The number of aldehydes is 1. The van der Waals surface area contributed by atoms with E-state index in [1.165, 1.54) is 21.9 Å². The summed E-state index contributed by atoms with van der Waals surface area (Å²) in [6.07, 6.45) is 3.96. The topological polar surface area (TPSA) is 26.3 Å². The fourth-order valence-corrected chi connectivity index (χ4v) is 2.86. The maximum Gasteiger partial charge on any atom is 0.123 e. The Balaban J connectivity index is 2.12. The van der Waals surface area contributed by atoms with Crippen molar-refractivity contribution in [2.45, 2.75) is 19.3 Å². The maximum atomic E-state index is 10.9. The van der Waals surface area contributed by atoms with Gasteiger partial charge in [-0.05, 0) is 53.3 Å². The molecule has 3 rings (SSSR count). The molecule has 0 saturated heterocycles. The Morgan fingerprint density at radius 1 is 1.28 bits per heavy atom. The van der Waals surface area contributed by atoms with Gasteiger partial charge in [-0.2, -0.15) is 0 Å². The van der Waals surface area contributed by atoms with Crippen LogP contribution in [0.2, 0.25) is 0 Å². The molecule has 1 atom stereocenters. The molecule has 2 aromatic rings. The normalized spacial score (nSPS) is 18.4. The summed E-state index contributed by atoms with van der Waals surface area (Å²) in [5.74, 6) is 1.09. The molecule has 2 aromatic carbocycles. The first-order valence-corrected chi connectivity index (χ1v) is 6.35. The Morgan fingerprint density at radius 2 is 2.17 bits per heavy atom. The summed E-state index contributed by atoms with van der Waals surface area (Å²) < 4.78 is 5.25. The molecule has 0 aliphatic heterocycles. The van der Waals surface area contributed by atoms with Crippen LogP contribution < -0.4 is 4.74 Å². The van der Waals surface area contributed by atoms with E-state index < -0.39 is 0 Å². The first kappa shape index (κ1) is 11.3. The molecular formula is C16H16O2. The highest BCUT2D eigenvalue weighted by atomic mass is 16.5. The van der Waals surface area contributed by atoms with Gasteiger partial charge in [0, 0.05) is 5.92 Å². The minimum atomic E-state index is 0.202. The second-order valence-electron chi connectivity index (χ2n) is 4.93. The lowest BCUT2D eigenvalue weighted by molar-refractivity contribution is -0.111. The molecule has 0 spiro atoms. The highest BCUT2D eigenvalue weighted by Gasteiger charge is 2.19. The minimum absolute atomic E-state index is 0.202. The number of carbonyl (C=O) groups excluding carboxylic acids is 1. The third-order valence-electron chi connectivity index (χ3n) is 3.88. The van der Waals surface area contributed by atoms with Crippen LogP contribution >= 0.6 is 0 Å². The van der Waals surface area contributed by atoms with E-state index in [9.17, 15) is 4.79 Å². The van der Waals surface area contributed by atoms with Crippen molar-refractivity contribution >= 4 is 17.1 Å². The predicted molar refractivity (Wildman–Crippen MR) is 72.1 cm³/mol. The number of hydrogen-bond donors (Lipinski definition) is 0. The zero-order valence-electron chi connectivity index (χ0n) is 10.5. The Bertz CT molecular complexity index is 601. The van der Waals surface area contributed by atoms with Gasteiger partial charge in [-0.3, -0.25) is 0 Å². The highest BCUT2D eigenvalue weighted by Crippen LogP contribution is 2.32. The second-order valence-corrected chi connectivity index (χ2v) is 4.93. The number of rotatable bonds is 2. The van der Waals surface area contributed by atoms with E-state index >= 15 is 0 Å². The minimum Gasteiger partial charge on any atom is -0.497 e. The van der Waals surface area contributed by atoms with Gasteiger partial charge in [0.25, 0.3) is 0 Å². The second kappa shape index (κ2) is 4.45. The molecule has 0 N–H and O–H groups in total. The maximum absolute atomic E-state index is 10.9. The number of hydrogen-bond acceptors (Lipinski definition) is 2. The van der Waals surface area contributed by atoms with Crippen molar-refractivity contribution in [3.8, 4) is 5.75 Å². The summed E-state index contributed by atoms with van der Waals surface area (Å²) >= 11 is 0. The molecule has 2 heteroatoms. The standard InChI is InChI=1S/C16H16O2/c1-18-14-5-7-16-13(9-14)4-3-12-8-11(10-17)2-6-15(12)16/h3-5,7,9-11H,2,6,8H2,1H3. The Morgan fingerprint density at radius 3 is 2.94 bits per heavy atom. The largest absolute Gasteiger partial charge is 0.497 e. The van der Waals surface area contributed by atoms with Crippen molar-refractivity contribution in [1.29, 1.82) is 0 Å². The summed E-state index contributed by atoms with van der Waals surface area (Å²) in [6.45, 7) is 0. The van der Waals surface area contributed by atoms with Gasteiger partial charge in [-0.15, -0.1) is 0 Å². The van der Waals surface area contributed by atoms with Gasteiger partial charge >= 0.3 is 0 Å². The Kier molecular flexibility index (Phi) is 2.78. The van der Waals surface area contributed by atoms with Crippen LogP contribution in [0.15, 0.2) is 30.3 Å². The molecule has 1 aliphatic carbocycles. The molecule has 2 nitrogen and oxygen atoms in total. The van der Waals surface area contributed by atoms with Gasteiger partial charge in [-0.1, -0.05) is 18.2 Å². The van der Waals surface area contributed by atoms with E-state index in [0.717, 1.165) is 31.3 Å². The molecular weight excluding hydrogens is 224 g/mol. The van der Waals surface area contributed by atoms with Crippen molar-refractivity contribution in [3.63, 3.8) is 0 Å². The van der Waals surface area contributed by atoms with Gasteiger partial charge in [0.15, 0.2) is 0 Å². The SMILES string of the molecule is COc1ccc2c3c(ccc2c1)CC(C=O)CC3. The van der Waals surface area contributed by atoms with Crippen molar-refractivity contribution in [2.24, 2.45) is 5.92 Å². The lowest BCUT2D eigenvalue weighted by atomic mass is 9.82. The van der Waals surface area contributed by atoms with Crippen LogP contribution in [0.1, 0.15) is 17.5 Å². The van der Waals surface area contributed by atoms with Crippen molar-refractivity contribution in [3.05, 3.63) is 41.5 Å². The summed E-state index contributed by atoms with van der Waals surface area (Å²) in [5, 5.41) is 2.52. The fraction of sp³-hybridized carbons (Fsp3) is 0.312. The van der Waals surface area contributed by atoms with E-state index in [1.807, 2.05) is 6.07 Å². The van der Waals surface area contributed by atoms with Gasteiger partial charge in [0.05, 0.1) is 7.11 Å². The van der Waals surface area contributed by atoms with Crippen LogP contribution in [-0.4, -0.2) is 13.4 Å². The number of benzene rings is 2. The molecule has 0 saturated carbocycles. The van der Waals surface area contributed by atoms with Gasteiger partial charge in [-0.25, -0.2) is 0 Å². The lowest BCUT2D eigenvalue weighted by Gasteiger charge is -2.22. The van der Waals surface area contributed by atoms with E-state index in [2.05, 4.69) is 24.3 Å². The number of aryl methyl sites for hydroxylation is 1. The zero-order valence-corrected chi connectivity index (χ0v) is 10.5. The molecule has 1 aliphatic rings. The fourth-order valence-electron chi connectivity index (χ4n) is 2.86. The number of methoxy groups -OCH3 is 1. The average Bonchev–Trinajstić information content (AvgIpc) is 2.45. The average molecular weight is 240 g/mol. The van der Waals surface area contributed by atoms with Crippen LogP contribution in [0.3, 0.4) is 0 Å². The lowest BCUT2D eigenvalue weighted by Crippen LogP contribution is -2.15. The summed E-state index contributed by atoms with van der Waals surface area (Å²) in [6, 6.07) is 10.5. The molecule has 92 valence electrons. The van der Waals surface area contributed by atoms with E-state index in [1.54, 1.807) is 7.11 Å².